The first-order valence-corrected chi connectivity index (χ1v) is 5.32. The molecule has 6 nitrogen and oxygen atoms in total. The van der Waals surface area contributed by atoms with Crippen molar-refractivity contribution in [3.05, 3.63) is 11.4 Å². The van der Waals surface area contributed by atoms with Crippen LogP contribution in [0.5, 0.6) is 0 Å². The Balaban J connectivity index is 2.15. The zero-order valence-corrected chi connectivity index (χ0v) is 9.22. The van der Waals surface area contributed by atoms with Gasteiger partial charge in [0.2, 0.25) is 0 Å². The zero-order chi connectivity index (χ0) is 11.5. The number of hydrogen-bond acceptors (Lipinski definition) is 4. The van der Waals surface area contributed by atoms with E-state index in [1.54, 1.807) is 11.8 Å². The Bertz CT molecular complexity index is 385. The monoisotopic (exact) mass is 225 g/mol. The predicted molar refractivity (Wildman–Crippen MR) is 54.8 cm³/mol. The fraction of sp³-hybridized carbons (Fsp3) is 0.700. The van der Waals surface area contributed by atoms with Crippen molar-refractivity contribution in [1.82, 2.24) is 15.0 Å². The predicted octanol–water partition coefficient (Wildman–Crippen LogP) is 0.462. The van der Waals surface area contributed by atoms with E-state index >= 15 is 0 Å². The van der Waals surface area contributed by atoms with Crippen molar-refractivity contribution in [3.8, 4) is 0 Å². The van der Waals surface area contributed by atoms with Gasteiger partial charge in [0.1, 0.15) is 0 Å². The molecule has 1 N–H and O–H groups in total. The number of carboxylic acids is 1. The minimum Gasteiger partial charge on any atom is -0.481 e. The largest absolute Gasteiger partial charge is 0.481 e. The van der Waals surface area contributed by atoms with E-state index in [0.717, 1.165) is 12.2 Å². The van der Waals surface area contributed by atoms with E-state index in [1.807, 2.05) is 0 Å². The molecular formula is C10H15N3O3. The van der Waals surface area contributed by atoms with Crippen LogP contribution in [-0.4, -0.2) is 33.2 Å². The molecule has 0 aromatic carbocycles. The second kappa shape index (κ2) is 4.61. The van der Waals surface area contributed by atoms with Gasteiger partial charge in [-0.15, -0.1) is 5.10 Å². The fourth-order valence-corrected chi connectivity index (χ4v) is 1.64. The fourth-order valence-electron chi connectivity index (χ4n) is 1.64. The molecule has 6 heteroatoms. The molecule has 0 atom stereocenters. The molecule has 1 fully saturated rings. The highest BCUT2D eigenvalue weighted by Gasteiger charge is 2.25. The Kier molecular flexibility index (Phi) is 3.19. The molecule has 88 valence electrons. The van der Waals surface area contributed by atoms with Gasteiger partial charge < -0.3 is 9.84 Å². The van der Waals surface area contributed by atoms with E-state index in [2.05, 4.69) is 10.3 Å². The molecule has 1 heterocycles. The zero-order valence-electron chi connectivity index (χ0n) is 9.22. The standard InChI is InChI=1S/C10H15N3O3/c1-16-6-9-8(4-10(14)15)11-12-13(9)5-7-2-3-7/h7H,2-6H2,1H3,(H,14,15). The molecular weight excluding hydrogens is 210 g/mol. The lowest BCUT2D eigenvalue weighted by atomic mass is 10.2. The van der Waals surface area contributed by atoms with Crippen LogP contribution in [-0.2, 0) is 29.1 Å². The van der Waals surface area contributed by atoms with Crippen molar-refractivity contribution in [2.24, 2.45) is 5.92 Å². The van der Waals surface area contributed by atoms with Gasteiger partial charge in [0.25, 0.3) is 0 Å². The van der Waals surface area contributed by atoms with E-state index in [9.17, 15) is 4.79 Å². The molecule has 0 amide bonds. The van der Waals surface area contributed by atoms with Crippen LogP contribution in [0.15, 0.2) is 0 Å². The van der Waals surface area contributed by atoms with Crippen molar-refractivity contribution in [1.29, 1.82) is 0 Å². The van der Waals surface area contributed by atoms with Crippen molar-refractivity contribution in [3.63, 3.8) is 0 Å². The van der Waals surface area contributed by atoms with Crippen molar-refractivity contribution < 1.29 is 14.6 Å². The van der Waals surface area contributed by atoms with Gasteiger partial charge >= 0.3 is 5.97 Å². The van der Waals surface area contributed by atoms with E-state index in [1.165, 1.54) is 12.8 Å². The van der Waals surface area contributed by atoms with Gasteiger partial charge in [-0.1, -0.05) is 5.21 Å². The van der Waals surface area contributed by atoms with Gasteiger partial charge in [-0.3, -0.25) is 4.79 Å². The number of methoxy groups -OCH3 is 1. The summed E-state index contributed by atoms with van der Waals surface area (Å²) in [5, 5.41) is 16.6. The van der Waals surface area contributed by atoms with Crippen LogP contribution in [0.3, 0.4) is 0 Å². The van der Waals surface area contributed by atoms with Crippen LogP contribution in [0.25, 0.3) is 0 Å². The van der Waals surface area contributed by atoms with Crippen LogP contribution >= 0.6 is 0 Å². The second-order valence-corrected chi connectivity index (χ2v) is 4.11. The summed E-state index contributed by atoms with van der Waals surface area (Å²) in [5.41, 5.74) is 1.30. The number of aliphatic carboxylic acids is 1. The Morgan fingerprint density at radius 1 is 1.62 bits per heavy atom. The lowest BCUT2D eigenvalue weighted by Crippen LogP contribution is -2.10. The Morgan fingerprint density at radius 2 is 2.38 bits per heavy atom. The van der Waals surface area contributed by atoms with Crippen LogP contribution in [0.4, 0.5) is 0 Å². The third-order valence-corrected chi connectivity index (χ3v) is 2.65. The normalized spacial score (nSPS) is 15.3. The smallest absolute Gasteiger partial charge is 0.309 e. The number of rotatable bonds is 6. The van der Waals surface area contributed by atoms with Gasteiger partial charge in [-0.05, 0) is 18.8 Å². The van der Waals surface area contributed by atoms with Gasteiger partial charge in [0.05, 0.1) is 24.4 Å². The highest BCUT2D eigenvalue weighted by atomic mass is 16.5. The van der Waals surface area contributed by atoms with Crippen molar-refractivity contribution >= 4 is 5.97 Å². The molecule has 0 bridgehead atoms. The summed E-state index contributed by atoms with van der Waals surface area (Å²) < 4.78 is 6.83. The SMILES string of the molecule is COCc1c(CC(=O)O)nnn1CC1CC1. The molecule has 0 aliphatic heterocycles. The molecule has 16 heavy (non-hydrogen) atoms. The van der Waals surface area contributed by atoms with Crippen LogP contribution < -0.4 is 0 Å². The molecule has 1 aliphatic carbocycles. The van der Waals surface area contributed by atoms with Crippen molar-refractivity contribution in [2.45, 2.75) is 32.4 Å². The summed E-state index contributed by atoms with van der Waals surface area (Å²) in [7, 11) is 1.58. The maximum absolute atomic E-state index is 10.7. The number of carbonyl (C=O) groups is 1. The van der Waals surface area contributed by atoms with E-state index in [0.29, 0.717) is 18.2 Å². The molecule has 1 aliphatic rings. The molecule has 1 aromatic rings. The molecule has 0 radical (unpaired) electrons. The van der Waals surface area contributed by atoms with Gasteiger partial charge in [0.15, 0.2) is 0 Å². The third kappa shape index (κ3) is 2.57. The summed E-state index contributed by atoms with van der Waals surface area (Å²) in [6.07, 6.45) is 2.35. The van der Waals surface area contributed by atoms with E-state index in [4.69, 9.17) is 9.84 Å². The first-order chi connectivity index (χ1) is 7.70. The van der Waals surface area contributed by atoms with E-state index in [-0.39, 0.29) is 6.42 Å². The Hall–Kier alpha value is -1.43. The van der Waals surface area contributed by atoms with Gasteiger partial charge in [-0.2, -0.15) is 0 Å². The van der Waals surface area contributed by atoms with Gasteiger partial charge in [-0.25, -0.2) is 4.68 Å². The van der Waals surface area contributed by atoms with E-state index < -0.39 is 5.97 Å². The van der Waals surface area contributed by atoms with Crippen LogP contribution in [0.1, 0.15) is 24.2 Å². The molecule has 2 rings (SSSR count). The van der Waals surface area contributed by atoms with Crippen LogP contribution in [0, 0.1) is 5.92 Å². The first kappa shape index (κ1) is 11.1. The molecule has 0 spiro atoms. The first-order valence-electron chi connectivity index (χ1n) is 5.32. The number of nitrogens with zero attached hydrogens (tertiary/aromatic N) is 3. The topological polar surface area (TPSA) is 77.2 Å². The second-order valence-electron chi connectivity index (χ2n) is 4.11. The molecule has 1 aromatic heterocycles. The maximum atomic E-state index is 10.7. The minimum atomic E-state index is -0.893. The Morgan fingerprint density at radius 3 is 2.94 bits per heavy atom. The number of hydrogen-bond donors (Lipinski definition) is 1. The summed E-state index contributed by atoms with van der Waals surface area (Å²) in [6.45, 7) is 1.19. The van der Waals surface area contributed by atoms with Crippen LogP contribution in [0.2, 0.25) is 0 Å². The quantitative estimate of drug-likeness (QED) is 0.761. The minimum absolute atomic E-state index is 0.0939. The third-order valence-electron chi connectivity index (χ3n) is 2.65. The average molecular weight is 225 g/mol. The number of ether oxygens (including phenoxy) is 1. The van der Waals surface area contributed by atoms with Crippen molar-refractivity contribution in [2.75, 3.05) is 7.11 Å². The number of aromatic nitrogens is 3. The summed E-state index contributed by atoms with van der Waals surface area (Å²) in [6, 6.07) is 0. The molecule has 0 unspecified atom stereocenters. The Labute approximate surface area is 93.2 Å². The van der Waals surface area contributed by atoms with Gasteiger partial charge in [0, 0.05) is 13.7 Å². The lowest BCUT2D eigenvalue weighted by molar-refractivity contribution is -0.136. The highest BCUT2D eigenvalue weighted by molar-refractivity contribution is 5.69. The summed E-state index contributed by atoms with van der Waals surface area (Å²) >= 11 is 0. The lowest BCUT2D eigenvalue weighted by Gasteiger charge is -2.05. The number of carboxylic acid groups (broad SMARTS) is 1. The summed E-state index contributed by atoms with van der Waals surface area (Å²) in [5.74, 6) is -0.217. The molecule has 1 saturated carbocycles. The molecule has 0 saturated heterocycles. The highest BCUT2D eigenvalue weighted by Crippen LogP contribution is 2.30. The summed E-state index contributed by atoms with van der Waals surface area (Å²) in [4.78, 5) is 10.7. The average Bonchev–Trinajstić information content (AvgIpc) is 2.96. The maximum Gasteiger partial charge on any atom is 0.309 e.